The van der Waals surface area contributed by atoms with Crippen molar-refractivity contribution in [3.05, 3.63) is 35.7 Å². The van der Waals surface area contributed by atoms with E-state index < -0.39 is 28.6 Å². The summed E-state index contributed by atoms with van der Waals surface area (Å²) in [6, 6.07) is 4.20. The van der Waals surface area contributed by atoms with Gasteiger partial charge in [0.05, 0.1) is 22.8 Å². The first kappa shape index (κ1) is 17.1. The lowest BCUT2D eigenvalue weighted by molar-refractivity contribution is -0.128. The van der Waals surface area contributed by atoms with Gasteiger partial charge in [-0.2, -0.15) is 0 Å². The van der Waals surface area contributed by atoms with Gasteiger partial charge >= 0.3 is 0 Å². The van der Waals surface area contributed by atoms with Gasteiger partial charge in [-0.05, 0) is 25.5 Å². The zero-order valence-electron chi connectivity index (χ0n) is 11.9. The van der Waals surface area contributed by atoms with Crippen molar-refractivity contribution in [2.75, 3.05) is 13.2 Å². The lowest BCUT2D eigenvalue weighted by atomic mass is 10.0. The van der Waals surface area contributed by atoms with Crippen LogP contribution in [0.4, 0.5) is 13.2 Å². The number of hydrogen-bond donors (Lipinski definition) is 0. The van der Waals surface area contributed by atoms with Gasteiger partial charge in [-0.15, -0.1) is 0 Å². The molecule has 1 aliphatic heterocycles. The predicted octanol–water partition coefficient (Wildman–Crippen LogP) is 3.87. The van der Waals surface area contributed by atoms with E-state index >= 15 is 0 Å². The summed E-state index contributed by atoms with van der Waals surface area (Å²) in [6.45, 7) is 1.43. The smallest absolute Gasteiger partial charge is 0.256 e. The second kappa shape index (κ2) is 7.34. The van der Waals surface area contributed by atoms with Gasteiger partial charge in [-0.1, -0.05) is 28.7 Å². The number of nitrogens with zero attached hydrogens (tertiary/aromatic N) is 1. The number of amides is 1. The standard InChI is InChI=1S/C15H15F3INO2/c1-2-22-9-3-4-10(11(16)7-9)13-6-5-12(19)15(21)20(13)8-14(17)18/h3-4,6-7,12,14H,2,5,8H2,1H3. The Balaban J connectivity index is 2.37. The van der Waals surface area contributed by atoms with Crippen LogP contribution in [0.5, 0.6) is 5.75 Å². The number of rotatable bonds is 5. The second-order valence-corrected chi connectivity index (χ2v) is 6.21. The Morgan fingerprint density at radius 2 is 2.18 bits per heavy atom. The normalized spacial score (nSPS) is 18.6. The molecular formula is C15H15F3INO2. The van der Waals surface area contributed by atoms with E-state index in [9.17, 15) is 18.0 Å². The molecule has 0 fully saturated rings. The van der Waals surface area contributed by atoms with Crippen LogP contribution >= 0.6 is 22.6 Å². The topological polar surface area (TPSA) is 29.5 Å². The van der Waals surface area contributed by atoms with Crippen molar-refractivity contribution in [1.29, 1.82) is 0 Å². The van der Waals surface area contributed by atoms with E-state index in [2.05, 4.69) is 0 Å². The molecule has 2 rings (SSSR count). The number of benzene rings is 1. The second-order valence-electron chi connectivity index (χ2n) is 4.71. The van der Waals surface area contributed by atoms with Crippen LogP contribution in [0, 0.1) is 5.82 Å². The molecule has 1 heterocycles. The van der Waals surface area contributed by atoms with E-state index in [0.717, 1.165) is 4.90 Å². The Morgan fingerprint density at radius 3 is 2.77 bits per heavy atom. The molecule has 0 spiro atoms. The van der Waals surface area contributed by atoms with Crippen molar-refractivity contribution in [2.45, 2.75) is 23.7 Å². The first-order valence-corrected chi connectivity index (χ1v) is 8.05. The summed E-state index contributed by atoms with van der Waals surface area (Å²) in [6.07, 6.45) is -0.666. The first-order valence-electron chi connectivity index (χ1n) is 6.80. The molecule has 0 radical (unpaired) electrons. The van der Waals surface area contributed by atoms with Gasteiger partial charge in [0, 0.05) is 11.6 Å². The van der Waals surface area contributed by atoms with Crippen molar-refractivity contribution in [2.24, 2.45) is 0 Å². The van der Waals surface area contributed by atoms with E-state index in [0.29, 0.717) is 18.8 Å². The number of hydrogen-bond acceptors (Lipinski definition) is 2. The van der Waals surface area contributed by atoms with Gasteiger partial charge in [0.1, 0.15) is 11.6 Å². The maximum Gasteiger partial charge on any atom is 0.256 e. The summed E-state index contributed by atoms with van der Waals surface area (Å²) in [5, 5.41) is 0. The molecule has 120 valence electrons. The average molecular weight is 425 g/mol. The fourth-order valence-electron chi connectivity index (χ4n) is 2.26. The molecule has 1 amide bonds. The van der Waals surface area contributed by atoms with Crippen LogP contribution in [-0.2, 0) is 4.79 Å². The van der Waals surface area contributed by atoms with E-state index in [1.165, 1.54) is 12.1 Å². The van der Waals surface area contributed by atoms with Crippen LogP contribution in [0.25, 0.3) is 5.70 Å². The van der Waals surface area contributed by atoms with E-state index in [1.54, 1.807) is 19.1 Å². The van der Waals surface area contributed by atoms with Gasteiger partial charge in [-0.25, -0.2) is 13.2 Å². The quantitative estimate of drug-likeness (QED) is 0.530. The van der Waals surface area contributed by atoms with Gasteiger partial charge in [-0.3, -0.25) is 4.79 Å². The minimum Gasteiger partial charge on any atom is -0.494 e. The lowest BCUT2D eigenvalue weighted by Crippen LogP contribution is -2.41. The molecule has 0 aromatic heterocycles. The van der Waals surface area contributed by atoms with E-state index in [-0.39, 0.29) is 11.3 Å². The molecule has 0 saturated heterocycles. The molecule has 0 saturated carbocycles. The molecule has 0 aliphatic carbocycles. The highest BCUT2D eigenvalue weighted by molar-refractivity contribution is 14.1. The summed E-state index contributed by atoms with van der Waals surface area (Å²) in [5.74, 6) is -0.665. The SMILES string of the molecule is CCOc1ccc(C2=CCC(I)C(=O)N2CC(F)F)c(F)c1. The van der Waals surface area contributed by atoms with Crippen molar-refractivity contribution in [3.63, 3.8) is 0 Å². The number of halogens is 4. The average Bonchev–Trinajstić information content (AvgIpc) is 2.45. The first-order chi connectivity index (χ1) is 10.4. The molecule has 0 N–H and O–H groups in total. The number of allylic oxidation sites excluding steroid dienone is 1. The highest BCUT2D eigenvalue weighted by Gasteiger charge is 2.32. The third kappa shape index (κ3) is 3.74. The van der Waals surface area contributed by atoms with E-state index in [1.807, 2.05) is 22.6 Å². The zero-order valence-corrected chi connectivity index (χ0v) is 14.0. The van der Waals surface area contributed by atoms with Gasteiger partial charge in [0.2, 0.25) is 5.91 Å². The molecule has 7 heteroatoms. The fourth-order valence-corrected chi connectivity index (χ4v) is 2.85. The van der Waals surface area contributed by atoms with E-state index in [4.69, 9.17) is 4.74 Å². The number of alkyl halides is 3. The third-order valence-corrected chi connectivity index (χ3v) is 4.23. The molecule has 1 unspecified atom stereocenters. The van der Waals surface area contributed by atoms with Crippen molar-refractivity contribution in [1.82, 2.24) is 4.90 Å². The maximum absolute atomic E-state index is 14.2. The zero-order chi connectivity index (χ0) is 16.3. The van der Waals surface area contributed by atoms with Crippen LogP contribution in [0.2, 0.25) is 0 Å². The van der Waals surface area contributed by atoms with Crippen LogP contribution < -0.4 is 4.74 Å². The maximum atomic E-state index is 14.2. The van der Waals surface area contributed by atoms with Gasteiger partial charge in [0.25, 0.3) is 6.43 Å². The summed E-state index contributed by atoms with van der Waals surface area (Å²) in [7, 11) is 0. The summed E-state index contributed by atoms with van der Waals surface area (Å²) < 4.78 is 44.5. The Kier molecular flexibility index (Phi) is 5.71. The van der Waals surface area contributed by atoms with Crippen LogP contribution in [0.1, 0.15) is 18.9 Å². The Morgan fingerprint density at radius 1 is 1.45 bits per heavy atom. The summed E-state index contributed by atoms with van der Waals surface area (Å²) in [4.78, 5) is 13.1. The van der Waals surface area contributed by atoms with Crippen LogP contribution in [0.3, 0.4) is 0 Å². The molecule has 1 atom stereocenters. The highest BCUT2D eigenvalue weighted by atomic mass is 127. The predicted molar refractivity (Wildman–Crippen MR) is 85.7 cm³/mol. The molecule has 22 heavy (non-hydrogen) atoms. The van der Waals surface area contributed by atoms with Crippen molar-refractivity contribution in [3.8, 4) is 5.75 Å². The Labute approximate surface area is 140 Å². The molecule has 1 aromatic rings. The molecule has 3 nitrogen and oxygen atoms in total. The monoisotopic (exact) mass is 425 g/mol. The summed E-state index contributed by atoms with van der Waals surface area (Å²) in [5.41, 5.74) is 0.319. The van der Waals surface area contributed by atoms with Crippen LogP contribution in [-0.4, -0.2) is 34.3 Å². The lowest BCUT2D eigenvalue weighted by Gasteiger charge is -2.31. The molecule has 1 aromatic carbocycles. The third-order valence-electron chi connectivity index (χ3n) is 3.19. The molecular weight excluding hydrogens is 410 g/mol. The number of carbonyl (C=O) groups is 1. The van der Waals surface area contributed by atoms with Gasteiger partial charge < -0.3 is 9.64 Å². The minimum atomic E-state index is -2.68. The molecule has 1 aliphatic rings. The van der Waals surface area contributed by atoms with Crippen LogP contribution in [0.15, 0.2) is 24.3 Å². The van der Waals surface area contributed by atoms with Gasteiger partial charge in [0.15, 0.2) is 0 Å². The molecule has 0 bridgehead atoms. The Bertz CT molecular complexity index is 592. The Hall–Kier alpha value is -1.25. The fraction of sp³-hybridized carbons (Fsp3) is 0.400. The number of ether oxygens (including phenoxy) is 1. The summed E-state index contributed by atoms with van der Waals surface area (Å²) >= 11 is 1.90. The highest BCUT2D eigenvalue weighted by Crippen LogP contribution is 2.32. The van der Waals surface area contributed by atoms with Crippen molar-refractivity contribution < 1.29 is 22.7 Å². The minimum absolute atomic E-state index is 0.126. The van der Waals surface area contributed by atoms with Crippen molar-refractivity contribution >= 4 is 34.2 Å². The number of carbonyl (C=O) groups excluding carboxylic acids is 1. The largest absolute Gasteiger partial charge is 0.494 e.